The number of rotatable bonds is 12. The molecule has 5 rings (SSSR count). The summed E-state index contributed by atoms with van der Waals surface area (Å²) in [4.78, 5) is 18.6. The summed E-state index contributed by atoms with van der Waals surface area (Å²) >= 11 is 0. The van der Waals surface area contributed by atoms with E-state index < -0.39 is 96.1 Å². The number of likely N-dealkylation sites (N-methyl/N-ethyl adjacent to an activating group) is 2. The van der Waals surface area contributed by atoms with Crippen LogP contribution in [0.3, 0.4) is 0 Å². The fourth-order valence-electron chi connectivity index (χ4n) is 10.1. The minimum Gasteiger partial charge on any atom is -0.458 e. The van der Waals surface area contributed by atoms with Crippen LogP contribution < -0.4 is 0 Å². The number of carbonyl (C=O) groups excluding carboxylic acids is 1. The number of halogens is 3. The lowest BCUT2D eigenvalue weighted by atomic mass is 9.75. The number of aliphatic hydroxyl groups is 3. The van der Waals surface area contributed by atoms with Gasteiger partial charge in [0.05, 0.1) is 78.3 Å². The third-order valence-electron chi connectivity index (χ3n) is 14.1. The largest absolute Gasteiger partial charge is 0.458 e. The van der Waals surface area contributed by atoms with Crippen LogP contribution in [0.2, 0.25) is 0 Å². The van der Waals surface area contributed by atoms with Crippen LogP contribution in [0.5, 0.6) is 0 Å². The first-order valence-corrected chi connectivity index (χ1v) is 23.3. The maximum atomic E-state index is 14.7. The van der Waals surface area contributed by atoms with E-state index in [2.05, 4.69) is 10.3 Å². The Morgan fingerprint density at radius 2 is 1.61 bits per heavy atom. The van der Waals surface area contributed by atoms with Gasteiger partial charge in [0.15, 0.2) is 12.6 Å². The highest BCUT2D eigenvalue weighted by atomic mass is 19.4. The van der Waals surface area contributed by atoms with Crippen LogP contribution in [0.15, 0.2) is 30.5 Å². The van der Waals surface area contributed by atoms with E-state index in [1.54, 1.807) is 27.9 Å². The monoisotopic (exact) mass is 960 g/mol. The van der Waals surface area contributed by atoms with Gasteiger partial charge in [0, 0.05) is 45.7 Å². The molecular formula is C47H76F3N5O12. The number of nitrogens with zero attached hydrogens (tertiary/aromatic N) is 5. The minimum atomic E-state index is -4.53. The van der Waals surface area contributed by atoms with Crippen molar-refractivity contribution in [2.75, 3.05) is 55.1 Å². The van der Waals surface area contributed by atoms with E-state index in [4.69, 9.17) is 37.9 Å². The number of methoxy groups -OCH3 is 2. The molecule has 1 aromatic carbocycles. The van der Waals surface area contributed by atoms with Gasteiger partial charge in [0.1, 0.15) is 24.0 Å². The smallest absolute Gasteiger partial charge is 0.416 e. The van der Waals surface area contributed by atoms with Gasteiger partial charge in [-0.25, -0.2) is 4.68 Å². The van der Waals surface area contributed by atoms with Gasteiger partial charge in [-0.2, -0.15) is 13.2 Å². The molecule has 0 unspecified atom stereocenters. The molecule has 0 spiro atoms. The van der Waals surface area contributed by atoms with E-state index in [-0.39, 0.29) is 55.8 Å². The number of aliphatic hydroxyl groups excluding tert-OH is 3. The minimum absolute atomic E-state index is 0.0972. The molecule has 1 aromatic heterocycles. The highest BCUT2D eigenvalue weighted by Crippen LogP contribution is 2.41. The Bertz CT molecular complexity index is 1880. The summed E-state index contributed by atoms with van der Waals surface area (Å²) in [6.07, 6.45) is -10.8. The average molecular weight is 960 g/mol. The molecular weight excluding hydrogens is 884 g/mol. The molecule has 17 nitrogen and oxygen atoms in total. The molecule has 20 heteroatoms. The van der Waals surface area contributed by atoms with Gasteiger partial charge in [0.2, 0.25) is 0 Å². The van der Waals surface area contributed by atoms with Gasteiger partial charge in [-0.1, -0.05) is 32.1 Å². The SMILES string of the molecule is CO[C@]1(C)C[C@@H](C)[C@H](O)[C@H](C)CN(C)C[C@@H](COCc2cn(-c3cccc(C(F)(F)F)c3)nn2)OC(=O)[C@H](C)[C@@H](O[C@H]2C[C@@](C)(OC)[C@@H](O)[C@H](C)O2)[C@H](C)[C@H]1O[C@@H]1O[C@H](C)C[C@H](N(C)C)[C@H]1O. The van der Waals surface area contributed by atoms with Crippen molar-refractivity contribution in [3.8, 4) is 5.69 Å². The predicted octanol–water partition coefficient (Wildman–Crippen LogP) is 4.46. The van der Waals surface area contributed by atoms with Gasteiger partial charge >= 0.3 is 12.1 Å². The van der Waals surface area contributed by atoms with Gasteiger partial charge in [-0.15, -0.1) is 5.10 Å². The Morgan fingerprint density at radius 3 is 2.25 bits per heavy atom. The van der Waals surface area contributed by atoms with E-state index in [0.29, 0.717) is 25.1 Å². The van der Waals surface area contributed by atoms with E-state index in [1.807, 2.05) is 65.6 Å². The lowest BCUT2D eigenvalue weighted by Gasteiger charge is -2.49. The van der Waals surface area contributed by atoms with Crippen LogP contribution in [-0.4, -0.2) is 180 Å². The molecule has 3 saturated heterocycles. The van der Waals surface area contributed by atoms with E-state index >= 15 is 0 Å². The van der Waals surface area contributed by atoms with Crippen LogP contribution >= 0.6 is 0 Å². The molecule has 3 aliphatic heterocycles. The zero-order chi connectivity index (χ0) is 49.8. The summed E-state index contributed by atoms with van der Waals surface area (Å²) in [6.45, 7) is 15.2. The van der Waals surface area contributed by atoms with Crippen molar-refractivity contribution in [2.45, 2.75) is 166 Å². The van der Waals surface area contributed by atoms with Gasteiger partial charge in [-0.3, -0.25) is 4.79 Å². The number of alkyl halides is 3. The molecule has 3 fully saturated rings. The first-order valence-electron chi connectivity index (χ1n) is 23.3. The number of ether oxygens (including phenoxy) is 8. The second-order valence-electron chi connectivity index (χ2n) is 20.0. The number of esters is 1. The highest BCUT2D eigenvalue weighted by molar-refractivity contribution is 5.73. The van der Waals surface area contributed by atoms with Crippen molar-refractivity contribution < 1.29 is 71.2 Å². The number of aromatic nitrogens is 3. The molecule has 0 radical (unpaired) electrons. The number of hydrogen-bond acceptors (Lipinski definition) is 16. The molecule has 382 valence electrons. The topological polar surface area (TPSA) is 189 Å². The van der Waals surface area contributed by atoms with Gasteiger partial charge < -0.3 is 63.0 Å². The normalized spacial score (nSPS) is 39.2. The maximum Gasteiger partial charge on any atom is 0.416 e. The molecule has 0 saturated carbocycles. The Morgan fingerprint density at radius 1 is 0.925 bits per heavy atom. The lowest BCUT2D eigenvalue weighted by Crippen LogP contribution is -2.61. The first kappa shape index (κ1) is 55.1. The number of hydrogen-bond donors (Lipinski definition) is 3. The summed E-state index contributed by atoms with van der Waals surface area (Å²) in [6, 6.07) is 4.43. The second kappa shape index (κ2) is 22.9. The standard InChI is InChI=1S/C47H76F3N5O12/c1-26-19-46(8,61-13)42(67-44-39(57)36(53(9)10)17-28(3)63-44)29(4)40(66-37-20-45(7,60-12)41(58)31(6)64-37)30(5)43(59)65-35(23-54(11)21-27(2)38(26)56)25-62-24-33-22-55(52-51-33)34-16-14-15-32(18-34)47(48,49)50/h14-16,18,22,26-31,35-42,44,56-58H,17,19-21,23-25H2,1-13H3/t26-,27-,28-,29+,30-,31+,35+,36+,37+,38+,39-,40+,41+,42-,44+,45-,46-/m1/s1. The Kier molecular flexibility index (Phi) is 18.8. The molecule has 3 aliphatic rings. The summed E-state index contributed by atoms with van der Waals surface area (Å²) in [7, 11) is 8.70. The number of carbonyl (C=O) groups is 1. The Hall–Kier alpha value is -2.86. The van der Waals surface area contributed by atoms with Gasteiger partial charge in [-0.05, 0) is 98.6 Å². The first-order chi connectivity index (χ1) is 31.3. The van der Waals surface area contributed by atoms with Crippen LogP contribution in [0.25, 0.3) is 5.69 Å². The second-order valence-corrected chi connectivity index (χ2v) is 20.0. The fourth-order valence-corrected chi connectivity index (χ4v) is 10.1. The van der Waals surface area contributed by atoms with Crippen molar-refractivity contribution >= 4 is 5.97 Å². The third-order valence-corrected chi connectivity index (χ3v) is 14.1. The molecule has 0 bridgehead atoms. The van der Waals surface area contributed by atoms with Crippen LogP contribution in [0.4, 0.5) is 13.2 Å². The van der Waals surface area contributed by atoms with Crippen LogP contribution in [0.1, 0.15) is 85.9 Å². The summed E-state index contributed by atoms with van der Waals surface area (Å²) in [5, 5.41) is 42.8. The number of cyclic esters (lactones) is 1. The van der Waals surface area contributed by atoms with Crippen LogP contribution in [0, 0.1) is 23.7 Å². The lowest BCUT2D eigenvalue weighted by molar-refractivity contribution is -0.319. The molecule has 2 aromatic rings. The Balaban J connectivity index is 1.50. The average Bonchev–Trinajstić information content (AvgIpc) is 3.74. The third kappa shape index (κ3) is 13.5. The van der Waals surface area contributed by atoms with E-state index in [9.17, 15) is 33.3 Å². The van der Waals surface area contributed by atoms with Crippen molar-refractivity contribution in [2.24, 2.45) is 23.7 Å². The van der Waals surface area contributed by atoms with E-state index in [0.717, 1.165) is 12.1 Å². The maximum absolute atomic E-state index is 14.7. The zero-order valence-electron chi connectivity index (χ0n) is 41.4. The van der Waals surface area contributed by atoms with Crippen LogP contribution in [-0.2, 0) is 55.5 Å². The molecule has 3 N–H and O–H groups in total. The van der Waals surface area contributed by atoms with Crippen molar-refractivity contribution in [3.05, 3.63) is 41.7 Å². The number of benzene rings is 1. The zero-order valence-corrected chi connectivity index (χ0v) is 41.4. The molecule has 0 amide bonds. The summed E-state index contributed by atoms with van der Waals surface area (Å²) in [5.41, 5.74) is -2.55. The molecule has 17 atom stereocenters. The molecule has 67 heavy (non-hydrogen) atoms. The van der Waals surface area contributed by atoms with E-state index in [1.165, 1.54) is 30.1 Å². The summed E-state index contributed by atoms with van der Waals surface area (Å²) in [5.74, 6) is -2.95. The Labute approximate surface area is 393 Å². The summed E-state index contributed by atoms with van der Waals surface area (Å²) < 4.78 is 92.5. The fraction of sp³-hybridized carbons (Fsp3) is 0.809. The van der Waals surface area contributed by atoms with Gasteiger partial charge in [0.25, 0.3) is 0 Å². The predicted molar refractivity (Wildman–Crippen MR) is 239 cm³/mol. The molecule has 0 aliphatic carbocycles. The van der Waals surface area contributed by atoms with Crippen molar-refractivity contribution in [1.82, 2.24) is 24.8 Å². The molecule has 4 heterocycles. The highest BCUT2D eigenvalue weighted by Gasteiger charge is 2.52. The van der Waals surface area contributed by atoms with Crippen molar-refractivity contribution in [3.63, 3.8) is 0 Å². The van der Waals surface area contributed by atoms with Crippen molar-refractivity contribution in [1.29, 1.82) is 0 Å². The quantitative estimate of drug-likeness (QED) is 0.253.